The zero-order valence-corrected chi connectivity index (χ0v) is 11.2. The Kier molecular flexibility index (Phi) is 4.75. The first-order valence-corrected chi connectivity index (χ1v) is 6.73. The molecule has 3 heteroatoms. The Hall–Kier alpha value is -0.900. The van der Waals surface area contributed by atoms with Gasteiger partial charge in [-0.25, -0.2) is 0 Å². The Morgan fingerprint density at radius 2 is 2.06 bits per heavy atom. The topological polar surface area (TPSA) is 32.7 Å². The Balaban J connectivity index is 1.91. The lowest BCUT2D eigenvalue weighted by Gasteiger charge is -2.36. The minimum Gasteiger partial charge on any atom is -0.390 e. The van der Waals surface area contributed by atoms with Crippen molar-refractivity contribution in [1.29, 1.82) is 0 Å². The molecule has 0 unspecified atom stereocenters. The van der Waals surface area contributed by atoms with Crippen molar-refractivity contribution in [2.24, 2.45) is 5.92 Å². The lowest BCUT2D eigenvalue weighted by atomic mass is 10.0. The average molecular weight is 249 g/mol. The van der Waals surface area contributed by atoms with E-state index in [2.05, 4.69) is 29.2 Å². The van der Waals surface area contributed by atoms with Crippen molar-refractivity contribution in [3.63, 3.8) is 0 Å². The van der Waals surface area contributed by atoms with Crippen LogP contribution in [-0.4, -0.2) is 41.9 Å². The molecule has 0 aliphatic carbocycles. The maximum atomic E-state index is 10.1. The smallest absolute Gasteiger partial charge is 0.0963 e. The summed E-state index contributed by atoms with van der Waals surface area (Å²) < 4.78 is 5.68. The van der Waals surface area contributed by atoms with Gasteiger partial charge in [0.15, 0.2) is 0 Å². The van der Waals surface area contributed by atoms with Crippen molar-refractivity contribution < 1.29 is 9.84 Å². The van der Waals surface area contributed by atoms with Crippen LogP contribution in [0.1, 0.15) is 19.4 Å². The summed E-state index contributed by atoms with van der Waals surface area (Å²) in [6.45, 7) is 7.46. The van der Waals surface area contributed by atoms with Gasteiger partial charge in [0.25, 0.3) is 0 Å². The second-order valence-electron chi connectivity index (χ2n) is 5.36. The molecule has 1 N–H and O–H groups in total. The maximum Gasteiger partial charge on any atom is 0.0963 e. The fraction of sp³-hybridized carbons (Fsp3) is 0.600. The van der Waals surface area contributed by atoms with Crippen molar-refractivity contribution in [3.05, 3.63) is 35.9 Å². The zero-order chi connectivity index (χ0) is 13.0. The molecule has 0 bridgehead atoms. The third-order valence-corrected chi connectivity index (χ3v) is 3.49. The summed E-state index contributed by atoms with van der Waals surface area (Å²) in [4.78, 5) is 2.36. The van der Waals surface area contributed by atoms with E-state index in [4.69, 9.17) is 4.74 Å². The first-order chi connectivity index (χ1) is 8.66. The predicted octanol–water partition coefficient (Wildman–Crippen LogP) is 1.90. The fourth-order valence-electron chi connectivity index (χ4n) is 2.35. The Morgan fingerprint density at radius 3 is 2.72 bits per heavy atom. The summed E-state index contributed by atoms with van der Waals surface area (Å²) in [5, 5.41) is 10.1. The van der Waals surface area contributed by atoms with Gasteiger partial charge in [-0.2, -0.15) is 0 Å². The monoisotopic (exact) mass is 249 g/mol. The van der Waals surface area contributed by atoms with Crippen molar-refractivity contribution in [3.8, 4) is 0 Å². The molecule has 0 amide bonds. The normalized spacial score (nSPS) is 23.2. The zero-order valence-electron chi connectivity index (χ0n) is 11.2. The van der Waals surface area contributed by atoms with Crippen molar-refractivity contribution in [2.45, 2.75) is 32.6 Å². The van der Waals surface area contributed by atoms with Gasteiger partial charge < -0.3 is 9.84 Å². The Bertz CT molecular complexity index is 353. The molecule has 1 saturated heterocycles. The second kappa shape index (κ2) is 6.32. The molecule has 1 aliphatic rings. The molecule has 2 atom stereocenters. The lowest BCUT2D eigenvalue weighted by molar-refractivity contribution is -0.103. The first kappa shape index (κ1) is 13.5. The van der Waals surface area contributed by atoms with Crippen LogP contribution in [-0.2, 0) is 11.3 Å². The molecule has 0 spiro atoms. The number of morpholine rings is 1. The van der Waals surface area contributed by atoms with Gasteiger partial charge in [-0.3, -0.25) is 4.90 Å². The van der Waals surface area contributed by atoms with Crippen LogP contribution >= 0.6 is 0 Å². The summed E-state index contributed by atoms with van der Waals surface area (Å²) >= 11 is 0. The quantitative estimate of drug-likeness (QED) is 0.884. The average Bonchev–Trinajstić information content (AvgIpc) is 2.39. The van der Waals surface area contributed by atoms with E-state index in [0.29, 0.717) is 6.61 Å². The molecule has 1 aromatic carbocycles. The standard InChI is InChI=1S/C15H23NO2/c1-12(2)15(17)14-11-16(8-9-18-14)10-13-6-4-3-5-7-13/h3-7,12,14-15,17H,8-11H2,1-2H3/t14-,15-/m0/s1. The van der Waals surface area contributed by atoms with E-state index in [9.17, 15) is 5.11 Å². The maximum absolute atomic E-state index is 10.1. The highest BCUT2D eigenvalue weighted by molar-refractivity contribution is 5.14. The highest BCUT2D eigenvalue weighted by atomic mass is 16.5. The molecule has 1 heterocycles. The van der Waals surface area contributed by atoms with E-state index in [-0.39, 0.29) is 18.1 Å². The van der Waals surface area contributed by atoms with E-state index in [1.807, 2.05) is 19.9 Å². The third kappa shape index (κ3) is 3.55. The van der Waals surface area contributed by atoms with Crippen molar-refractivity contribution in [2.75, 3.05) is 19.7 Å². The molecule has 100 valence electrons. The SMILES string of the molecule is CC(C)[C@H](O)[C@@H]1CN(Cc2ccccc2)CCO1. The molecular formula is C15H23NO2. The molecule has 2 rings (SSSR count). The third-order valence-electron chi connectivity index (χ3n) is 3.49. The van der Waals surface area contributed by atoms with Gasteiger partial charge in [-0.1, -0.05) is 44.2 Å². The first-order valence-electron chi connectivity index (χ1n) is 6.73. The van der Waals surface area contributed by atoms with Gasteiger partial charge in [-0.05, 0) is 11.5 Å². The minimum absolute atomic E-state index is 0.0533. The number of hydrogen-bond donors (Lipinski definition) is 1. The predicted molar refractivity (Wildman–Crippen MR) is 72.3 cm³/mol. The van der Waals surface area contributed by atoms with E-state index >= 15 is 0 Å². The van der Waals surface area contributed by atoms with Crippen LogP contribution in [0.15, 0.2) is 30.3 Å². The molecule has 1 aromatic rings. The number of hydrogen-bond acceptors (Lipinski definition) is 3. The van der Waals surface area contributed by atoms with Crippen LogP contribution in [0.25, 0.3) is 0 Å². The Morgan fingerprint density at radius 1 is 1.33 bits per heavy atom. The summed E-state index contributed by atoms with van der Waals surface area (Å²) in [6, 6.07) is 10.5. The summed E-state index contributed by atoms with van der Waals surface area (Å²) in [7, 11) is 0. The summed E-state index contributed by atoms with van der Waals surface area (Å²) in [6.07, 6.45) is -0.425. The molecule has 0 radical (unpaired) electrons. The van der Waals surface area contributed by atoms with Crippen molar-refractivity contribution >= 4 is 0 Å². The number of ether oxygens (including phenoxy) is 1. The highest BCUT2D eigenvalue weighted by Gasteiger charge is 2.28. The van der Waals surface area contributed by atoms with Gasteiger partial charge in [0.1, 0.15) is 0 Å². The van der Waals surface area contributed by atoms with E-state index < -0.39 is 0 Å². The Labute approximate surface area is 109 Å². The van der Waals surface area contributed by atoms with Gasteiger partial charge in [0.05, 0.1) is 18.8 Å². The minimum atomic E-state index is -0.372. The largest absolute Gasteiger partial charge is 0.390 e. The van der Waals surface area contributed by atoms with Gasteiger partial charge in [0.2, 0.25) is 0 Å². The number of aliphatic hydroxyl groups is 1. The van der Waals surface area contributed by atoms with Crippen LogP contribution in [0.4, 0.5) is 0 Å². The second-order valence-corrected chi connectivity index (χ2v) is 5.36. The van der Waals surface area contributed by atoms with Crippen LogP contribution in [0.2, 0.25) is 0 Å². The highest BCUT2D eigenvalue weighted by Crippen LogP contribution is 2.16. The van der Waals surface area contributed by atoms with Gasteiger partial charge in [0, 0.05) is 19.6 Å². The summed E-state index contributed by atoms with van der Waals surface area (Å²) in [5.74, 6) is 0.242. The van der Waals surface area contributed by atoms with Gasteiger partial charge >= 0.3 is 0 Å². The molecule has 1 fully saturated rings. The van der Waals surface area contributed by atoms with Gasteiger partial charge in [-0.15, -0.1) is 0 Å². The van der Waals surface area contributed by atoms with E-state index in [0.717, 1.165) is 19.6 Å². The number of nitrogens with zero attached hydrogens (tertiary/aromatic N) is 1. The van der Waals surface area contributed by atoms with Crippen LogP contribution in [0.5, 0.6) is 0 Å². The van der Waals surface area contributed by atoms with Crippen LogP contribution < -0.4 is 0 Å². The molecular weight excluding hydrogens is 226 g/mol. The van der Waals surface area contributed by atoms with Crippen LogP contribution in [0.3, 0.4) is 0 Å². The molecule has 0 saturated carbocycles. The number of aliphatic hydroxyl groups excluding tert-OH is 1. The molecule has 0 aromatic heterocycles. The van der Waals surface area contributed by atoms with E-state index in [1.54, 1.807) is 0 Å². The molecule has 3 nitrogen and oxygen atoms in total. The molecule has 1 aliphatic heterocycles. The van der Waals surface area contributed by atoms with Crippen molar-refractivity contribution in [1.82, 2.24) is 4.90 Å². The molecule has 18 heavy (non-hydrogen) atoms. The number of rotatable bonds is 4. The summed E-state index contributed by atoms with van der Waals surface area (Å²) in [5.41, 5.74) is 1.32. The lowest BCUT2D eigenvalue weighted by Crippen LogP contribution is -2.48. The van der Waals surface area contributed by atoms with Crippen LogP contribution in [0, 0.1) is 5.92 Å². The fourth-order valence-corrected chi connectivity index (χ4v) is 2.35. The van der Waals surface area contributed by atoms with E-state index in [1.165, 1.54) is 5.56 Å². The number of benzene rings is 1.